The van der Waals surface area contributed by atoms with Crippen molar-refractivity contribution >= 4 is 17.5 Å². The van der Waals surface area contributed by atoms with Crippen molar-refractivity contribution in [2.24, 2.45) is 0 Å². The number of nitrogens with one attached hydrogen (secondary N) is 1. The van der Waals surface area contributed by atoms with Crippen LogP contribution in [0.1, 0.15) is 19.3 Å². The van der Waals surface area contributed by atoms with Gasteiger partial charge in [-0.15, -0.1) is 0 Å². The number of pyridine rings is 1. The van der Waals surface area contributed by atoms with E-state index >= 15 is 0 Å². The number of β-amino-alcohol motifs (C(OH)–C–C–N with tert-alkyl or cyclic N) is 1. The van der Waals surface area contributed by atoms with Gasteiger partial charge in [0.25, 0.3) is 5.69 Å². The minimum atomic E-state index is -0.866. The standard InChI is InChI=1S/C21H24FN5O5/c22-18-11-15(27(30)31)1-2-19(18)32-17-3-7-23-20(12-17)24-21(29)25-8-4-14(5-9-25)26-10-6-16(28)13-26/h1-3,7,11-12,14,16,28H,4-6,8-10,13H2,(H,23,24,29)/t16-/m0/s1. The van der Waals surface area contributed by atoms with E-state index in [9.17, 15) is 24.4 Å². The SMILES string of the molecule is O=C(Nc1cc(Oc2ccc([N+](=O)[O-])cc2F)ccn1)N1CCC(N2CC[C@H](O)C2)CC1. The molecule has 2 fully saturated rings. The second kappa shape index (κ2) is 9.45. The second-order valence-corrected chi connectivity index (χ2v) is 7.94. The van der Waals surface area contributed by atoms with Crippen molar-refractivity contribution in [2.45, 2.75) is 31.4 Å². The number of rotatable bonds is 5. The van der Waals surface area contributed by atoms with E-state index in [0.717, 1.165) is 37.9 Å². The Hall–Kier alpha value is -3.31. The second-order valence-electron chi connectivity index (χ2n) is 7.94. The monoisotopic (exact) mass is 445 g/mol. The van der Waals surface area contributed by atoms with Gasteiger partial charge in [-0.2, -0.15) is 0 Å². The molecule has 170 valence electrons. The number of ether oxygens (including phenoxy) is 1. The molecule has 1 atom stereocenters. The number of urea groups is 1. The first-order valence-electron chi connectivity index (χ1n) is 10.4. The van der Waals surface area contributed by atoms with Gasteiger partial charge in [0.05, 0.1) is 17.1 Å². The summed E-state index contributed by atoms with van der Waals surface area (Å²) < 4.78 is 19.5. The van der Waals surface area contributed by atoms with Crippen molar-refractivity contribution in [1.82, 2.24) is 14.8 Å². The van der Waals surface area contributed by atoms with Crippen LogP contribution in [0.4, 0.5) is 20.7 Å². The summed E-state index contributed by atoms with van der Waals surface area (Å²) in [5.41, 5.74) is -0.373. The predicted octanol–water partition coefficient (Wildman–Crippen LogP) is 2.98. The maximum absolute atomic E-state index is 14.1. The molecular weight excluding hydrogens is 421 g/mol. The van der Waals surface area contributed by atoms with Crippen LogP contribution in [0.25, 0.3) is 0 Å². The maximum Gasteiger partial charge on any atom is 0.323 e. The molecule has 0 unspecified atom stereocenters. The van der Waals surface area contributed by atoms with E-state index in [0.29, 0.717) is 25.7 Å². The van der Waals surface area contributed by atoms with Gasteiger partial charge in [-0.1, -0.05) is 0 Å². The molecule has 0 saturated carbocycles. The van der Waals surface area contributed by atoms with Crippen molar-refractivity contribution < 1.29 is 24.0 Å². The number of nitro benzene ring substituents is 1. The third kappa shape index (κ3) is 5.11. The van der Waals surface area contributed by atoms with Gasteiger partial charge in [-0.25, -0.2) is 14.2 Å². The molecular formula is C21H24FN5O5. The fraction of sp³-hybridized carbons (Fsp3) is 0.429. The number of piperidine rings is 1. The predicted molar refractivity (Wildman–Crippen MR) is 113 cm³/mol. The fourth-order valence-electron chi connectivity index (χ4n) is 4.08. The Morgan fingerprint density at radius 1 is 1.22 bits per heavy atom. The average molecular weight is 445 g/mol. The number of likely N-dealkylation sites (tertiary alicyclic amines) is 2. The van der Waals surface area contributed by atoms with Gasteiger partial charge < -0.3 is 14.7 Å². The highest BCUT2D eigenvalue weighted by atomic mass is 19.1. The number of aliphatic hydroxyl groups is 1. The topological polar surface area (TPSA) is 121 Å². The van der Waals surface area contributed by atoms with Crippen LogP contribution >= 0.6 is 0 Å². The highest BCUT2D eigenvalue weighted by Gasteiger charge is 2.31. The minimum Gasteiger partial charge on any atom is -0.454 e. The highest BCUT2D eigenvalue weighted by Crippen LogP contribution is 2.28. The first-order chi connectivity index (χ1) is 15.4. The van der Waals surface area contributed by atoms with Crippen LogP contribution in [0.3, 0.4) is 0 Å². The van der Waals surface area contributed by atoms with Crippen LogP contribution in [0.5, 0.6) is 11.5 Å². The molecule has 2 amide bonds. The number of nitro groups is 1. The Labute approximate surface area is 183 Å². The summed E-state index contributed by atoms with van der Waals surface area (Å²) in [5.74, 6) is -0.558. The summed E-state index contributed by atoms with van der Waals surface area (Å²) in [6.07, 6.45) is 3.65. The largest absolute Gasteiger partial charge is 0.454 e. The van der Waals surface area contributed by atoms with E-state index in [1.54, 1.807) is 4.90 Å². The van der Waals surface area contributed by atoms with Gasteiger partial charge in [-0.3, -0.25) is 20.3 Å². The number of benzene rings is 1. The van der Waals surface area contributed by atoms with Gasteiger partial charge in [0.15, 0.2) is 11.6 Å². The summed E-state index contributed by atoms with van der Waals surface area (Å²) in [7, 11) is 0. The lowest BCUT2D eigenvalue weighted by Gasteiger charge is -2.36. The van der Waals surface area contributed by atoms with Gasteiger partial charge >= 0.3 is 6.03 Å². The maximum atomic E-state index is 14.1. The van der Waals surface area contributed by atoms with Crippen LogP contribution in [-0.4, -0.2) is 69.2 Å². The smallest absolute Gasteiger partial charge is 0.323 e. The number of anilines is 1. The van der Waals surface area contributed by atoms with Crippen molar-refractivity contribution in [2.75, 3.05) is 31.5 Å². The Bertz CT molecular complexity index is 998. The number of hydrogen-bond donors (Lipinski definition) is 2. The third-order valence-corrected chi connectivity index (χ3v) is 5.78. The number of carbonyl (C=O) groups is 1. The molecule has 32 heavy (non-hydrogen) atoms. The fourth-order valence-corrected chi connectivity index (χ4v) is 4.08. The number of nitrogens with zero attached hydrogens (tertiary/aromatic N) is 4. The van der Waals surface area contributed by atoms with E-state index in [4.69, 9.17) is 4.74 Å². The van der Waals surface area contributed by atoms with Crippen LogP contribution in [-0.2, 0) is 0 Å². The lowest BCUT2D eigenvalue weighted by atomic mass is 10.0. The number of non-ortho nitro benzene ring substituents is 1. The first-order valence-corrected chi connectivity index (χ1v) is 10.4. The zero-order chi connectivity index (χ0) is 22.7. The van der Waals surface area contributed by atoms with Crippen molar-refractivity contribution in [1.29, 1.82) is 0 Å². The lowest BCUT2D eigenvalue weighted by Crippen LogP contribution is -2.47. The summed E-state index contributed by atoms with van der Waals surface area (Å²) in [5, 5.41) is 23.2. The number of amides is 2. The van der Waals surface area contributed by atoms with Crippen LogP contribution < -0.4 is 10.1 Å². The summed E-state index contributed by atoms with van der Waals surface area (Å²) in [4.78, 5) is 30.8. The molecule has 2 aliphatic rings. The molecule has 0 radical (unpaired) electrons. The third-order valence-electron chi connectivity index (χ3n) is 5.78. The molecule has 0 spiro atoms. The molecule has 3 heterocycles. The van der Waals surface area contributed by atoms with Crippen LogP contribution in [0.2, 0.25) is 0 Å². The van der Waals surface area contributed by atoms with Crippen LogP contribution in [0.15, 0.2) is 36.5 Å². The Morgan fingerprint density at radius 2 is 2.00 bits per heavy atom. The van der Waals surface area contributed by atoms with Crippen molar-refractivity contribution in [3.63, 3.8) is 0 Å². The first kappa shape index (κ1) is 21.9. The Balaban J connectivity index is 1.33. The quantitative estimate of drug-likeness (QED) is 0.536. The molecule has 4 rings (SSSR count). The number of hydrogen-bond acceptors (Lipinski definition) is 7. The minimum absolute atomic E-state index is 0.173. The molecule has 1 aromatic carbocycles. The number of carbonyl (C=O) groups excluding carboxylic acids is 1. The molecule has 1 aromatic heterocycles. The van der Waals surface area contributed by atoms with Crippen molar-refractivity contribution in [3.8, 4) is 11.5 Å². The van der Waals surface area contributed by atoms with Gasteiger partial charge in [-0.05, 0) is 31.4 Å². The van der Waals surface area contributed by atoms with E-state index < -0.39 is 10.7 Å². The molecule has 0 aliphatic carbocycles. The van der Waals surface area contributed by atoms with Gasteiger partial charge in [0.1, 0.15) is 11.6 Å². The van der Waals surface area contributed by atoms with Gasteiger partial charge in [0, 0.05) is 50.6 Å². The zero-order valence-electron chi connectivity index (χ0n) is 17.3. The molecule has 2 saturated heterocycles. The highest BCUT2D eigenvalue weighted by molar-refractivity contribution is 5.88. The Kier molecular flexibility index (Phi) is 6.47. The zero-order valence-corrected chi connectivity index (χ0v) is 17.3. The molecule has 2 aromatic rings. The van der Waals surface area contributed by atoms with E-state index in [2.05, 4.69) is 15.2 Å². The van der Waals surface area contributed by atoms with E-state index in [-0.39, 0.29) is 35.1 Å². The van der Waals surface area contributed by atoms with Crippen molar-refractivity contribution in [3.05, 3.63) is 52.5 Å². The summed E-state index contributed by atoms with van der Waals surface area (Å²) in [6, 6.07) is 6.15. The van der Waals surface area contributed by atoms with Gasteiger partial charge in [0.2, 0.25) is 0 Å². The average Bonchev–Trinajstić information content (AvgIpc) is 3.21. The molecule has 10 nitrogen and oxygen atoms in total. The lowest BCUT2D eigenvalue weighted by molar-refractivity contribution is -0.385. The Morgan fingerprint density at radius 3 is 2.66 bits per heavy atom. The van der Waals surface area contributed by atoms with E-state index in [1.165, 1.54) is 24.4 Å². The molecule has 2 aliphatic heterocycles. The number of aromatic nitrogens is 1. The molecule has 11 heteroatoms. The summed E-state index contributed by atoms with van der Waals surface area (Å²) >= 11 is 0. The molecule has 2 N–H and O–H groups in total. The summed E-state index contributed by atoms with van der Waals surface area (Å²) in [6.45, 7) is 2.80. The normalized spacial score (nSPS) is 19.7. The number of aliphatic hydroxyl groups excluding tert-OH is 1. The van der Waals surface area contributed by atoms with Crippen LogP contribution in [0, 0.1) is 15.9 Å². The van der Waals surface area contributed by atoms with E-state index in [1.807, 2.05) is 0 Å². The number of halogens is 1. The molecule has 0 bridgehead atoms.